The molecule has 0 aliphatic heterocycles. The van der Waals surface area contributed by atoms with Gasteiger partial charge in [0.25, 0.3) is 0 Å². The third-order valence-electron chi connectivity index (χ3n) is 3.60. The molecule has 0 aliphatic carbocycles. The number of nitrogens with one attached hydrogen (secondary N) is 1. The summed E-state index contributed by atoms with van der Waals surface area (Å²) in [6, 6.07) is 4.36. The standard InChI is InChI=1S/C17H20FN3/c1-9(14-8-13(18)5-6-15(14)20)7-16-10(2)17(11(3)19)12(4)21-16/h5-8,21H,3,19-20H2,1-2,4H3/b9-7+. The van der Waals surface area contributed by atoms with Crippen molar-refractivity contribution in [1.29, 1.82) is 0 Å². The zero-order valence-corrected chi connectivity index (χ0v) is 12.5. The molecule has 5 N–H and O–H groups in total. The Kier molecular flexibility index (Phi) is 3.89. The minimum absolute atomic E-state index is 0.303. The van der Waals surface area contributed by atoms with Crippen LogP contribution in [0.15, 0.2) is 24.8 Å². The molecule has 2 rings (SSSR count). The topological polar surface area (TPSA) is 67.8 Å². The minimum atomic E-state index is -0.303. The quantitative estimate of drug-likeness (QED) is 0.750. The molecule has 3 nitrogen and oxygen atoms in total. The van der Waals surface area contributed by atoms with Crippen LogP contribution >= 0.6 is 0 Å². The fraction of sp³-hybridized carbons (Fsp3) is 0.176. The third-order valence-corrected chi connectivity index (χ3v) is 3.60. The molecule has 0 atom stereocenters. The summed E-state index contributed by atoms with van der Waals surface area (Å²) in [7, 11) is 0. The number of allylic oxidation sites excluding steroid dienone is 1. The highest BCUT2D eigenvalue weighted by Crippen LogP contribution is 2.28. The molecule has 4 heteroatoms. The van der Waals surface area contributed by atoms with Gasteiger partial charge < -0.3 is 16.5 Å². The minimum Gasteiger partial charge on any atom is -0.399 e. The van der Waals surface area contributed by atoms with Crippen molar-refractivity contribution in [3.05, 3.63) is 58.7 Å². The summed E-state index contributed by atoms with van der Waals surface area (Å²) in [6.07, 6.45) is 1.94. The molecule has 0 fully saturated rings. The number of aromatic nitrogens is 1. The van der Waals surface area contributed by atoms with Crippen molar-refractivity contribution in [3.63, 3.8) is 0 Å². The van der Waals surface area contributed by atoms with E-state index in [1.54, 1.807) is 6.07 Å². The van der Waals surface area contributed by atoms with Crippen LogP contribution in [0.3, 0.4) is 0 Å². The second-order valence-electron chi connectivity index (χ2n) is 5.25. The molecule has 1 aromatic heterocycles. The second kappa shape index (κ2) is 5.48. The van der Waals surface area contributed by atoms with Gasteiger partial charge in [0.1, 0.15) is 5.82 Å². The maximum absolute atomic E-state index is 13.4. The zero-order valence-electron chi connectivity index (χ0n) is 12.5. The normalized spacial score (nSPS) is 11.7. The van der Waals surface area contributed by atoms with E-state index < -0.39 is 0 Å². The summed E-state index contributed by atoms with van der Waals surface area (Å²) in [5, 5.41) is 0. The van der Waals surface area contributed by atoms with Crippen LogP contribution in [0.25, 0.3) is 17.3 Å². The van der Waals surface area contributed by atoms with Gasteiger partial charge in [-0.05, 0) is 56.2 Å². The molecule has 0 spiro atoms. The molecule has 0 saturated heterocycles. The molecule has 0 bridgehead atoms. The van der Waals surface area contributed by atoms with Gasteiger partial charge in [-0.1, -0.05) is 6.58 Å². The van der Waals surface area contributed by atoms with Crippen LogP contribution < -0.4 is 11.5 Å². The molecule has 0 unspecified atom stereocenters. The van der Waals surface area contributed by atoms with Crippen LogP contribution in [0, 0.1) is 19.7 Å². The first-order valence-corrected chi connectivity index (χ1v) is 6.69. The number of aryl methyl sites for hydroxylation is 1. The van der Waals surface area contributed by atoms with Gasteiger partial charge in [-0.2, -0.15) is 0 Å². The Morgan fingerprint density at radius 1 is 1.33 bits per heavy atom. The number of halogens is 1. The highest BCUT2D eigenvalue weighted by molar-refractivity contribution is 5.86. The Bertz CT molecular complexity index is 739. The van der Waals surface area contributed by atoms with Crippen molar-refractivity contribution in [2.45, 2.75) is 20.8 Å². The highest BCUT2D eigenvalue weighted by atomic mass is 19.1. The summed E-state index contributed by atoms with van der Waals surface area (Å²) in [6.45, 7) is 9.62. The van der Waals surface area contributed by atoms with E-state index in [0.29, 0.717) is 16.9 Å². The molecule has 1 heterocycles. The number of anilines is 1. The Labute approximate surface area is 124 Å². The van der Waals surface area contributed by atoms with E-state index in [0.717, 1.165) is 28.1 Å². The van der Waals surface area contributed by atoms with Crippen molar-refractivity contribution >= 4 is 23.0 Å². The summed E-state index contributed by atoms with van der Waals surface area (Å²) in [4.78, 5) is 3.28. The van der Waals surface area contributed by atoms with E-state index in [2.05, 4.69) is 11.6 Å². The molecule has 0 aliphatic rings. The van der Waals surface area contributed by atoms with E-state index in [-0.39, 0.29) is 5.82 Å². The maximum Gasteiger partial charge on any atom is 0.123 e. The van der Waals surface area contributed by atoms with Gasteiger partial charge in [0.15, 0.2) is 0 Å². The van der Waals surface area contributed by atoms with Crippen molar-refractivity contribution in [2.75, 3.05) is 5.73 Å². The lowest BCUT2D eigenvalue weighted by Crippen LogP contribution is -1.96. The largest absolute Gasteiger partial charge is 0.399 e. The van der Waals surface area contributed by atoms with Crippen LogP contribution in [-0.4, -0.2) is 4.98 Å². The lowest BCUT2D eigenvalue weighted by Gasteiger charge is -2.06. The maximum atomic E-state index is 13.4. The lowest BCUT2D eigenvalue weighted by molar-refractivity contribution is 0.627. The van der Waals surface area contributed by atoms with Crippen LogP contribution in [0.2, 0.25) is 0 Å². The first-order valence-electron chi connectivity index (χ1n) is 6.69. The predicted molar refractivity (Wildman–Crippen MR) is 87.8 cm³/mol. The molecular weight excluding hydrogens is 265 g/mol. The number of aromatic amines is 1. The van der Waals surface area contributed by atoms with Gasteiger partial charge >= 0.3 is 0 Å². The molecule has 0 radical (unpaired) electrons. The van der Waals surface area contributed by atoms with Crippen LogP contribution in [0.4, 0.5) is 10.1 Å². The zero-order chi connectivity index (χ0) is 15.7. The Balaban J connectivity index is 2.51. The Morgan fingerprint density at radius 2 is 2.00 bits per heavy atom. The number of rotatable bonds is 3. The summed E-state index contributed by atoms with van der Waals surface area (Å²) in [5.74, 6) is -0.303. The number of H-pyrrole nitrogens is 1. The average molecular weight is 285 g/mol. The number of benzene rings is 1. The third kappa shape index (κ3) is 2.84. The van der Waals surface area contributed by atoms with E-state index in [9.17, 15) is 4.39 Å². The van der Waals surface area contributed by atoms with Crippen LogP contribution in [0.5, 0.6) is 0 Å². The monoisotopic (exact) mass is 285 g/mol. The van der Waals surface area contributed by atoms with E-state index in [1.165, 1.54) is 12.1 Å². The molecule has 2 aromatic rings. The van der Waals surface area contributed by atoms with Gasteiger partial charge in [0, 0.05) is 33.9 Å². The predicted octanol–water partition coefficient (Wildman–Crippen LogP) is 3.84. The fourth-order valence-corrected chi connectivity index (χ4v) is 2.56. The Hall–Kier alpha value is -2.49. The van der Waals surface area contributed by atoms with Crippen molar-refractivity contribution < 1.29 is 4.39 Å². The van der Waals surface area contributed by atoms with Crippen molar-refractivity contribution in [2.24, 2.45) is 5.73 Å². The number of nitrogen functional groups attached to an aromatic ring is 1. The van der Waals surface area contributed by atoms with E-state index in [4.69, 9.17) is 11.5 Å². The molecule has 21 heavy (non-hydrogen) atoms. The molecule has 0 amide bonds. The van der Waals surface area contributed by atoms with Gasteiger partial charge in [0.2, 0.25) is 0 Å². The van der Waals surface area contributed by atoms with Gasteiger partial charge in [-0.3, -0.25) is 0 Å². The van der Waals surface area contributed by atoms with Crippen molar-refractivity contribution in [1.82, 2.24) is 4.98 Å². The smallest absolute Gasteiger partial charge is 0.123 e. The molecule has 110 valence electrons. The fourth-order valence-electron chi connectivity index (χ4n) is 2.56. The number of nitrogens with two attached hydrogens (primary N) is 2. The first-order chi connectivity index (χ1) is 9.81. The lowest BCUT2D eigenvalue weighted by atomic mass is 10.0. The van der Waals surface area contributed by atoms with E-state index in [1.807, 2.05) is 26.8 Å². The first kappa shape index (κ1) is 14.9. The van der Waals surface area contributed by atoms with Gasteiger partial charge in [-0.15, -0.1) is 0 Å². The molecule has 1 aromatic carbocycles. The summed E-state index contributed by atoms with van der Waals surface area (Å²) < 4.78 is 13.4. The number of hydrogen-bond donors (Lipinski definition) is 3. The highest BCUT2D eigenvalue weighted by Gasteiger charge is 2.12. The van der Waals surface area contributed by atoms with Gasteiger partial charge in [0.05, 0.1) is 0 Å². The summed E-state index contributed by atoms with van der Waals surface area (Å²) in [5.41, 5.74) is 18.2. The molecule has 0 saturated carbocycles. The van der Waals surface area contributed by atoms with Crippen LogP contribution in [0.1, 0.15) is 35.0 Å². The number of hydrogen-bond acceptors (Lipinski definition) is 2. The van der Waals surface area contributed by atoms with E-state index >= 15 is 0 Å². The second-order valence-corrected chi connectivity index (χ2v) is 5.25. The van der Waals surface area contributed by atoms with Gasteiger partial charge in [-0.25, -0.2) is 4.39 Å². The summed E-state index contributed by atoms with van der Waals surface area (Å²) >= 11 is 0. The SMILES string of the molecule is C=C(N)c1c(C)[nH]c(/C=C(\C)c2cc(F)ccc2N)c1C. The average Bonchev–Trinajstić information content (AvgIpc) is 2.67. The van der Waals surface area contributed by atoms with Crippen molar-refractivity contribution in [3.8, 4) is 0 Å². The Morgan fingerprint density at radius 3 is 2.57 bits per heavy atom. The molecular formula is C17H20FN3. The van der Waals surface area contributed by atoms with Crippen LogP contribution in [-0.2, 0) is 0 Å².